The molecule has 0 saturated carbocycles. The molecule has 0 bridgehead atoms. The van der Waals surface area contributed by atoms with Crippen LogP contribution in [0.3, 0.4) is 0 Å². The molecule has 0 radical (unpaired) electrons. The van der Waals surface area contributed by atoms with Crippen LogP contribution in [0.2, 0.25) is 0 Å². The number of likely N-dealkylation sites (tertiary alicyclic amines) is 1. The first kappa shape index (κ1) is 11.5. The average molecular weight is 200 g/mol. The molecule has 0 aromatic rings. The van der Waals surface area contributed by atoms with Gasteiger partial charge in [-0.25, -0.2) is 0 Å². The van der Waals surface area contributed by atoms with Gasteiger partial charge in [0.25, 0.3) is 0 Å². The van der Waals surface area contributed by atoms with Gasteiger partial charge in [0.1, 0.15) is 0 Å². The zero-order chi connectivity index (χ0) is 10.6. The van der Waals surface area contributed by atoms with Gasteiger partial charge in [-0.05, 0) is 20.3 Å². The second kappa shape index (κ2) is 5.32. The Morgan fingerprint density at radius 2 is 2.14 bits per heavy atom. The maximum absolute atomic E-state index is 11.7. The van der Waals surface area contributed by atoms with Crippen molar-refractivity contribution < 1.29 is 9.90 Å². The number of carbonyl (C=O) groups excluding carboxylic acids is 1. The lowest BCUT2D eigenvalue weighted by Gasteiger charge is -2.22. The Bertz CT molecular complexity index is 193. The number of likely N-dealkylation sites (N-methyl/N-ethyl adjacent to an activating group) is 1. The van der Waals surface area contributed by atoms with Crippen LogP contribution in [0, 0.1) is 0 Å². The number of rotatable bonds is 4. The van der Waals surface area contributed by atoms with E-state index in [1.54, 1.807) is 0 Å². The topological polar surface area (TPSA) is 43.8 Å². The van der Waals surface area contributed by atoms with Gasteiger partial charge in [-0.2, -0.15) is 0 Å². The van der Waals surface area contributed by atoms with Crippen LogP contribution in [0.4, 0.5) is 0 Å². The highest BCUT2D eigenvalue weighted by atomic mass is 16.3. The summed E-state index contributed by atoms with van der Waals surface area (Å²) in [7, 11) is 0. The average Bonchev–Trinajstić information content (AvgIpc) is 2.53. The van der Waals surface area contributed by atoms with Crippen LogP contribution in [0.15, 0.2) is 0 Å². The number of β-amino-alcohol motifs (C(OH)–C–C–N with tert-alkyl or cyclic N) is 1. The van der Waals surface area contributed by atoms with Crippen molar-refractivity contribution in [1.29, 1.82) is 0 Å². The van der Waals surface area contributed by atoms with Crippen molar-refractivity contribution >= 4 is 5.91 Å². The highest BCUT2D eigenvalue weighted by Gasteiger charge is 2.23. The predicted octanol–water partition coefficient (Wildman–Crippen LogP) is -0.0786. The molecule has 0 spiro atoms. The van der Waals surface area contributed by atoms with E-state index in [9.17, 15) is 9.90 Å². The number of hydrogen-bond acceptors (Lipinski definition) is 3. The fourth-order valence-electron chi connectivity index (χ4n) is 1.82. The van der Waals surface area contributed by atoms with E-state index in [0.29, 0.717) is 13.1 Å². The number of hydrogen-bond donors (Lipinski definition) is 1. The minimum absolute atomic E-state index is 0.170. The molecule has 1 atom stereocenters. The van der Waals surface area contributed by atoms with E-state index in [1.165, 1.54) is 0 Å². The van der Waals surface area contributed by atoms with Crippen molar-refractivity contribution in [3.8, 4) is 0 Å². The number of amides is 1. The molecule has 0 aliphatic carbocycles. The summed E-state index contributed by atoms with van der Waals surface area (Å²) in [6.07, 6.45) is 0.561. The molecular weight excluding hydrogens is 180 g/mol. The smallest absolute Gasteiger partial charge is 0.236 e. The maximum Gasteiger partial charge on any atom is 0.236 e. The van der Waals surface area contributed by atoms with Crippen LogP contribution >= 0.6 is 0 Å². The van der Waals surface area contributed by atoms with Crippen molar-refractivity contribution in [2.24, 2.45) is 0 Å². The minimum Gasteiger partial charge on any atom is -0.392 e. The molecule has 1 saturated heterocycles. The molecule has 0 aromatic heterocycles. The van der Waals surface area contributed by atoms with E-state index < -0.39 is 0 Å². The summed E-state index contributed by atoms with van der Waals surface area (Å²) in [4.78, 5) is 15.5. The van der Waals surface area contributed by atoms with Gasteiger partial charge in [-0.15, -0.1) is 0 Å². The maximum atomic E-state index is 11.7. The third-order valence-corrected chi connectivity index (χ3v) is 2.72. The third kappa shape index (κ3) is 2.96. The Balaban J connectivity index is 2.32. The molecule has 1 fully saturated rings. The predicted molar refractivity (Wildman–Crippen MR) is 55.0 cm³/mol. The molecule has 1 aliphatic rings. The summed E-state index contributed by atoms with van der Waals surface area (Å²) in [5.41, 5.74) is 0. The van der Waals surface area contributed by atoms with E-state index in [2.05, 4.69) is 0 Å². The van der Waals surface area contributed by atoms with Crippen molar-refractivity contribution in [2.75, 3.05) is 32.7 Å². The summed E-state index contributed by atoms with van der Waals surface area (Å²) in [6.45, 7) is 7.46. The Morgan fingerprint density at radius 3 is 2.57 bits per heavy atom. The van der Waals surface area contributed by atoms with Gasteiger partial charge >= 0.3 is 0 Å². The molecular formula is C10H20N2O2. The van der Waals surface area contributed by atoms with Crippen molar-refractivity contribution in [3.63, 3.8) is 0 Å². The van der Waals surface area contributed by atoms with E-state index in [1.807, 2.05) is 23.6 Å². The molecule has 0 unspecified atom stereocenters. The van der Waals surface area contributed by atoms with Crippen LogP contribution in [0.25, 0.3) is 0 Å². The van der Waals surface area contributed by atoms with Crippen LogP contribution in [0.5, 0.6) is 0 Å². The Morgan fingerprint density at radius 1 is 1.50 bits per heavy atom. The van der Waals surface area contributed by atoms with Gasteiger partial charge in [0, 0.05) is 26.2 Å². The van der Waals surface area contributed by atoms with Gasteiger partial charge in [0.05, 0.1) is 12.6 Å². The van der Waals surface area contributed by atoms with Gasteiger partial charge in [-0.3, -0.25) is 9.69 Å². The van der Waals surface area contributed by atoms with Crippen LogP contribution in [-0.4, -0.2) is 59.6 Å². The summed E-state index contributed by atoms with van der Waals surface area (Å²) >= 11 is 0. The van der Waals surface area contributed by atoms with Gasteiger partial charge in [-0.1, -0.05) is 0 Å². The molecule has 82 valence electrons. The SMILES string of the molecule is CCN(CC)C(=O)CN1CC[C@@H](O)C1. The highest BCUT2D eigenvalue weighted by molar-refractivity contribution is 5.78. The number of aliphatic hydroxyl groups excluding tert-OH is 1. The molecule has 1 aliphatic heterocycles. The second-order valence-electron chi connectivity index (χ2n) is 3.74. The standard InChI is InChI=1S/C10H20N2O2/c1-3-12(4-2)10(14)8-11-6-5-9(13)7-11/h9,13H,3-8H2,1-2H3/t9-/m1/s1. The molecule has 4 nitrogen and oxygen atoms in total. The van der Waals surface area contributed by atoms with Crippen LogP contribution in [-0.2, 0) is 4.79 Å². The summed E-state index contributed by atoms with van der Waals surface area (Å²) < 4.78 is 0. The summed E-state index contributed by atoms with van der Waals surface area (Å²) in [5.74, 6) is 0.170. The molecule has 1 amide bonds. The first-order valence-electron chi connectivity index (χ1n) is 5.35. The molecule has 1 N–H and O–H groups in total. The Labute approximate surface area is 85.5 Å². The number of aliphatic hydroxyl groups is 1. The van der Waals surface area contributed by atoms with Gasteiger partial charge < -0.3 is 10.0 Å². The second-order valence-corrected chi connectivity index (χ2v) is 3.74. The Kier molecular flexibility index (Phi) is 4.35. The van der Waals surface area contributed by atoms with Crippen molar-refractivity contribution in [1.82, 2.24) is 9.80 Å². The fraction of sp³-hybridized carbons (Fsp3) is 0.900. The quantitative estimate of drug-likeness (QED) is 0.690. The molecule has 4 heteroatoms. The number of nitrogens with zero attached hydrogens (tertiary/aromatic N) is 2. The first-order valence-corrected chi connectivity index (χ1v) is 5.35. The lowest BCUT2D eigenvalue weighted by Crippen LogP contribution is -2.39. The van der Waals surface area contributed by atoms with Crippen LogP contribution in [0.1, 0.15) is 20.3 Å². The highest BCUT2D eigenvalue weighted by Crippen LogP contribution is 2.08. The zero-order valence-electron chi connectivity index (χ0n) is 9.07. The number of carbonyl (C=O) groups is 1. The van der Waals surface area contributed by atoms with Gasteiger partial charge in [0.2, 0.25) is 5.91 Å². The van der Waals surface area contributed by atoms with E-state index in [4.69, 9.17) is 0 Å². The third-order valence-electron chi connectivity index (χ3n) is 2.72. The zero-order valence-corrected chi connectivity index (χ0v) is 9.07. The monoisotopic (exact) mass is 200 g/mol. The van der Waals surface area contributed by atoms with Crippen molar-refractivity contribution in [3.05, 3.63) is 0 Å². The minimum atomic E-state index is -0.237. The van der Waals surface area contributed by atoms with E-state index in [-0.39, 0.29) is 12.0 Å². The molecule has 14 heavy (non-hydrogen) atoms. The lowest BCUT2D eigenvalue weighted by atomic mass is 10.3. The molecule has 0 aromatic carbocycles. The Hall–Kier alpha value is -0.610. The molecule has 1 rings (SSSR count). The summed E-state index contributed by atoms with van der Waals surface area (Å²) in [5, 5.41) is 9.30. The van der Waals surface area contributed by atoms with E-state index in [0.717, 1.165) is 26.1 Å². The largest absolute Gasteiger partial charge is 0.392 e. The summed E-state index contributed by atoms with van der Waals surface area (Å²) in [6, 6.07) is 0. The lowest BCUT2D eigenvalue weighted by molar-refractivity contribution is -0.131. The van der Waals surface area contributed by atoms with Crippen molar-refractivity contribution in [2.45, 2.75) is 26.4 Å². The first-order chi connectivity index (χ1) is 6.67. The van der Waals surface area contributed by atoms with Crippen LogP contribution < -0.4 is 0 Å². The van der Waals surface area contributed by atoms with Gasteiger partial charge in [0.15, 0.2) is 0 Å². The molecule has 1 heterocycles. The fourth-order valence-corrected chi connectivity index (χ4v) is 1.82. The normalized spacial score (nSPS) is 22.6. The van der Waals surface area contributed by atoms with E-state index >= 15 is 0 Å².